The molecule has 0 aliphatic rings. The molecule has 1 aromatic rings. The fourth-order valence-electron chi connectivity index (χ4n) is 2.54. The first kappa shape index (κ1) is 16.7. The molecule has 0 saturated carbocycles. The fraction of sp³-hybridized carbons (Fsp3) is 0.714. The summed E-state index contributed by atoms with van der Waals surface area (Å²) in [4.78, 5) is 16.0. The second-order valence-electron chi connectivity index (χ2n) is 5.23. The van der Waals surface area contributed by atoms with Crippen LogP contribution in [0.1, 0.15) is 32.4 Å². The van der Waals surface area contributed by atoms with E-state index in [0.29, 0.717) is 6.54 Å². The SMILES string of the molecule is CCN(CC)C(=O)CN(C)C(c1cnn(C)c1)C(C)N. The van der Waals surface area contributed by atoms with E-state index < -0.39 is 0 Å². The summed E-state index contributed by atoms with van der Waals surface area (Å²) in [7, 11) is 3.81. The monoisotopic (exact) mass is 281 g/mol. The third-order valence-corrected chi connectivity index (χ3v) is 3.54. The zero-order valence-corrected chi connectivity index (χ0v) is 13.2. The van der Waals surface area contributed by atoms with Gasteiger partial charge in [0.25, 0.3) is 0 Å². The Labute approximate surface area is 121 Å². The van der Waals surface area contributed by atoms with E-state index in [1.807, 2.05) is 57.1 Å². The normalized spacial score (nSPS) is 14.3. The van der Waals surface area contributed by atoms with E-state index in [1.165, 1.54) is 0 Å². The number of nitrogens with two attached hydrogens (primary N) is 1. The maximum atomic E-state index is 12.2. The van der Waals surface area contributed by atoms with Gasteiger partial charge in [0, 0.05) is 37.9 Å². The van der Waals surface area contributed by atoms with E-state index in [9.17, 15) is 4.79 Å². The van der Waals surface area contributed by atoms with Crippen LogP contribution >= 0.6 is 0 Å². The van der Waals surface area contributed by atoms with E-state index in [4.69, 9.17) is 5.73 Å². The van der Waals surface area contributed by atoms with Gasteiger partial charge in [-0.3, -0.25) is 14.4 Å². The van der Waals surface area contributed by atoms with Crippen molar-refractivity contribution in [2.75, 3.05) is 26.7 Å². The standard InChI is InChI=1S/C14H27N5O/c1-6-19(7-2)13(20)10-17(4)14(11(3)15)12-8-16-18(5)9-12/h8-9,11,14H,6-7,10,15H2,1-5H3. The summed E-state index contributed by atoms with van der Waals surface area (Å²) in [6.45, 7) is 7.77. The molecule has 20 heavy (non-hydrogen) atoms. The predicted octanol–water partition coefficient (Wildman–Crippen LogP) is 0.609. The molecule has 2 atom stereocenters. The smallest absolute Gasteiger partial charge is 0.236 e. The quantitative estimate of drug-likeness (QED) is 0.795. The Kier molecular flexibility index (Phi) is 6.16. The topological polar surface area (TPSA) is 67.4 Å². The van der Waals surface area contributed by atoms with Crippen molar-refractivity contribution in [3.63, 3.8) is 0 Å². The molecular weight excluding hydrogens is 254 g/mol. The molecular formula is C14H27N5O. The maximum Gasteiger partial charge on any atom is 0.236 e. The Morgan fingerprint density at radius 1 is 1.45 bits per heavy atom. The Bertz CT molecular complexity index is 425. The van der Waals surface area contributed by atoms with Gasteiger partial charge >= 0.3 is 0 Å². The second kappa shape index (κ2) is 7.40. The molecule has 6 nitrogen and oxygen atoms in total. The van der Waals surface area contributed by atoms with Crippen LogP contribution in [-0.4, -0.2) is 58.2 Å². The molecule has 1 amide bonds. The average Bonchev–Trinajstić information content (AvgIpc) is 2.76. The van der Waals surface area contributed by atoms with Gasteiger partial charge in [0.15, 0.2) is 0 Å². The summed E-state index contributed by atoms with van der Waals surface area (Å²) in [6, 6.07) is -0.0862. The molecule has 0 saturated heterocycles. The summed E-state index contributed by atoms with van der Waals surface area (Å²) >= 11 is 0. The van der Waals surface area contributed by atoms with Gasteiger partial charge < -0.3 is 10.6 Å². The van der Waals surface area contributed by atoms with Crippen LogP contribution in [0.2, 0.25) is 0 Å². The van der Waals surface area contributed by atoms with Crippen LogP contribution in [0.3, 0.4) is 0 Å². The zero-order chi connectivity index (χ0) is 15.3. The molecule has 0 spiro atoms. The summed E-state index contributed by atoms with van der Waals surface area (Å²) < 4.78 is 1.75. The Balaban J connectivity index is 2.80. The number of aromatic nitrogens is 2. The molecule has 0 bridgehead atoms. The lowest BCUT2D eigenvalue weighted by Crippen LogP contribution is -2.44. The van der Waals surface area contributed by atoms with Gasteiger partial charge in [0.1, 0.15) is 0 Å². The second-order valence-corrected chi connectivity index (χ2v) is 5.23. The van der Waals surface area contributed by atoms with Crippen LogP contribution in [0.25, 0.3) is 0 Å². The number of rotatable bonds is 7. The molecule has 0 aliphatic heterocycles. The lowest BCUT2D eigenvalue weighted by atomic mass is 10.0. The fourth-order valence-corrected chi connectivity index (χ4v) is 2.54. The van der Waals surface area contributed by atoms with E-state index in [2.05, 4.69) is 5.10 Å². The van der Waals surface area contributed by atoms with Gasteiger partial charge in [0.05, 0.1) is 18.8 Å². The first-order valence-electron chi connectivity index (χ1n) is 7.12. The zero-order valence-electron chi connectivity index (χ0n) is 13.2. The van der Waals surface area contributed by atoms with Gasteiger partial charge in [-0.05, 0) is 27.8 Å². The molecule has 6 heteroatoms. The predicted molar refractivity (Wildman–Crippen MR) is 80.2 cm³/mol. The van der Waals surface area contributed by atoms with Crippen LogP contribution in [-0.2, 0) is 11.8 Å². The van der Waals surface area contributed by atoms with E-state index >= 15 is 0 Å². The Hall–Kier alpha value is -1.40. The van der Waals surface area contributed by atoms with Gasteiger partial charge in [-0.25, -0.2) is 0 Å². The van der Waals surface area contributed by atoms with Crippen molar-refractivity contribution in [1.29, 1.82) is 0 Å². The van der Waals surface area contributed by atoms with Crippen molar-refractivity contribution in [2.24, 2.45) is 12.8 Å². The van der Waals surface area contributed by atoms with Crippen molar-refractivity contribution >= 4 is 5.91 Å². The van der Waals surface area contributed by atoms with Crippen LogP contribution < -0.4 is 5.73 Å². The van der Waals surface area contributed by atoms with Crippen molar-refractivity contribution in [2.45, 2.75) is 32.9 Å². The number of amides is 1. The van der Waals surface area contributed by atoms with E-state index in [-0.39, 0.29) is 18.0 Å². The molecule has 0 fully saturated rings. The minimum Gasteiger partial charge on any atom is -0.342 e. The van der Waals surface area contributed by atoms with Gasteiger partial charge in [-0.1, -0.05) is 0 Å². The Morgan fingerprint density at radius 3 is 2.45 bits per heavy atom. The van der Waals surface area contributed by atoms with Crippen LogP contribution in [0.4, 0.5) is 0 Å². The number of nitrogens with zero attached hydrogens (tertiary/aromatic N) is 4. The third-order valence-electron chi connectivity index (χ3n) is 3.54. The number of likely N-dealkylation sites (N-methyl/N-ethyl adjacent to an activating group) is 2. The third kappa shape index (κ3) is 4.05. The molecule has 0 aromatic carbocycles. The van der Waals surface area contributed by atoms with Crippen molar-refractivity contribution in [1.82, 2.24) is 19.6 Å². The summed E-state index contributed by atoms with van der Waals surface area (Å²) in [6.07, 6.45) is 3.76. The molecule has 1 rings (SSSR count). The molecule has 0 radical (unpaired) electrons. The number of carbonyl (C=O) groups is 1. The summed E-state index contributed by atoms with van der Waals surface area (Å²) in [5.41, 5.74) is 7.13. The number of hydrogen-bond donors (Lipinski definition) is 1. The lowest BCUT2D eigenvalue weighted by molar-refractivity contribution is -0.132. The number of carbonyl (C=O) groups excluding carboxylic acids is 1. The van der Waals surface area contributed by atoms with Gasteiger partial charge in [0.2, 0.25) is 5.91 Å². The molecule has 2 N–H and O–H groups in total. The van der Waals surface area contributed by atoms with Gasteiger partial charge in [-0.2, -0.15) is 5.10 Å². The maximum absolute atomic E-state index is 12.2. The van der Waals surface area contributed by atoms with Crippen LogP contribution in [0.5, 0.6) is 0 Å². The largest absolute Gasteiger partial charge is 0.342 e. The van der Waals surface area contributed by atoms with E-state index in [0.717, 1.165) is 18.7 Å². The highest BCUT2D eigenvalue weighted by atomic mass is 16.2. The van der Waals surface area contributed by atoms with Crippen molar-refractivity contribution in [3.8, 4) is 0 Å². The number of aryl methyl sites for hydroxylation is 1. The van der Waals surface area contributed by atoms with Crippen LogP contribution in [0.15, 0.2) is 12.4 Å². The molecule has 0 aliphatic carbocycles. The first-order valence-corrected chi connectivity index (χ1v) is 7.12. The van der Waals surface area contributed by atoms with Crippen molar-refractivity contribution in [3.05, 3.63) is 18.0 Å². The van der Waals surface area contributed by atoms with Gasteiger partial charge in [-0.15, -0.1) is 0 Å². The highest BCUT2D eigenvalue weighted by Crippen LogP contribution is 2.21. The van der Waals surface area contributed by atoms with Crippen LogP contribution in [0, 0.1) is 0 Å². The lowest BCUT2D eigenvalue weighted by Gasteiger charge is -2.31. The van der Waals surface area contributed by atoms with E-state index in [1.54, 1.807) is 4.68 Å². The highest BCUT2D eigenvalue weighted by Gasteiger charge is 2.25. The summed E-state index contributed by atoms with van der Waals surface area (Å²) in [5, 5.41) is 4.19. The average molecular weight is 281 g/mol. The molecule has 1 aromatic heterocycles. The number of hydrogen-bond acceptors (Lipinski definition) is 4. The summed E-state index contributed by atoms with van der Waals surface area (Å²) in [5.74, 6) is 0.132. The molecule has 114 valence electrons. The Morgan fingerprint density at radius 2 is 2.05 bits per heavy atom. The molecule has 2 unspecified atom stereocenters. The van der Waals surface area contributed by atoms with Crippen molar-refractivity contribution < 1.29 is 4.79 Å². The first-order chi connectivity index (χ1) is 9.40. The molecule has 1 heterocycles. The highest BCUT2D eigenvalue weighted by molar-refractivity contribution is 5.78. The minimum absolute atomic E-state index is 0.0109. The minimum atomic E-state index is -0.0753.